The van der Waals surface area contributed by atoms with Crippen LogP contribution in [0.3, 0.4) is 0 Å². The predicted molar refractivity (Wildman–Crippen MR) is 72.4 cm³/mol. The Balaban J connectivity index is 2.47. The number of aryl methyl sites for hydroxylation is 1. The first-order valence-electron chi connectivity index (χ1n) is 5.94. The van der Waals surface area contributed by atoms with Gasteiger partial charge in [0.15, 0.2) is 5.56 Å². The summed E-state index contributed by atoms with van der Waals surface area (Å²) in [7, 11) is 2.85. The third-order valence-corrected chi connectivity index (χ3v) is 3.19. The summed E-state index contributed by atoms with van der Waals surface area (Å²) in [4.78, 5) is 23.8. The van der Waals surface area contributed by atoms with E-state index in [1.165, 1.54) is 18.7 Å². The number of rotatable bonds is 3. The lowest BCUT2D eigenvalue weighted by Crippen LogP contribution is -2.39. The van der Waals surface area contributed by atoms with Crippen LogP contribution in [0.25, 0.3) is 0 Å². The number of nitriles is 1. The minimum atomic E-state index is -0.609. The van der Waals surface area contributed by atoms with Crippen LogP contribution in [0.1, 0.15) is 16.9 Å². The molecule has 0 spiro atoms. The van der Waals surface area contributed by atoms with Gasteiger partial charge in [0, 0.05) is 26.2 Å². The number of anilines is 1. The largest absolute Gasteiger partial charge is 0.469 e. The van der Waals surface area contributed by atoms with Crippen LogP contribution >= 0.6 is 0 Å². The van der Waals surface area contributed by atoms with Crippen molar-refractivity contribution in [2.45, 2.75) is 13.5 Å². The Morgan fingerprint density at radius 1 is 1.35 bits per heavy atom. The lowest BCUT2D eigenvalue weighted by Gasteiger charge is -2.13. The van der Waals surface area contributed by atoms with Crippen molar-refractivity contribution in [3.05, 3.63) is 50.1 Å². The molecule has 0 aliphatic rings. The van der Waals surface area contributed by atoms with E-state index in [1.807, 2.05) is 13.0 Å². The molecule has 1 N–H and O–H groups in total. The summed E-state index contributed by atoms with van der Waals surface area (Å²) in [5, 5.41) is 12.1. The van der Waals surface area contributed by atoms with Crippen molar-refractivity contribution in [3.63, 3.8) is 0 Å². The summed E-state index contributed by atoms with van der Waals surface area (Å²) in [6.45, 7) is 2.17. The highest BCUT2D eigenvalue weighted by Crippen LogP contribution is 2.13. The van der Waals surface area contributed by atoms with E-state index in [0.717, 1.165) is 15.9 Å². The summed E-state index contributed by atoms with van der Waals surface area (Å²) in [5.41, 5.74) is -0.291. The second-order valence-corrected chi connectivity index (χ2v) is 4.40. The van der Waals surface area contributed by atoms with E-state index >= 15 is 0 Å². The number of hydrogen-bond donors (Lipinski definition) is 1. The van der Waals surface area contributed by atoms with Gasteiger partial charge in [0.05, 0.1) is 6.26 Å². The average molecular weight is 274 g/mol. The maximum absolute atomic E-state index is 11.9. The molecule has 0 bridgehead atoms. The summed E-state index contributed by atoms with van der Waals surface area (Å²) in [6.07, 6.45) is 1.56. The first kappa shape index (κ1) is 13.7. The number of furan rings is 1. The third kappa shape index (κ3) is 2.12. The van der Waals surface area contributed by atoms with Gasteiger partial charge in [-0.05, 0) is 13.0 Å². The highest BCUT2D eigenvalue weighted by molar-refractivity contribution is 5.51. The quantitative estimate of drug-likeness (QED) is 0.878. The van der Waals surface area contributed by atoms with Crippen LogP contribution in [0.4, 0.5) is 5.82 Å². The summed E-state index contributed by atoms with van der Waals surface area (Å²) < 4.78 is 7.32. The first-order chi connectivity index (χ1) is 9.47. The van der Waals surface area contributed by atoms with Crippen molar-refractivity contribution >= 4 is 5.82 Å². The highest BCUT2D eigenvalue weighted by Gasteiger charge is 2.15. The fourth-order valence-corrected chi connectivity index (χ4v) is 1.93. The van der Waals surface area contributed by atoms with E-state index in [4.69, 9.17) is 9.68 Å². The number of aromatic nitrogens is 2. The molecule has 2 rings (SSSR count). The van der Waals surface area contributed by atoms with Crippen LogP contribution in [0, 0.1) is 18.3 Å². The van der Waals surface area contributed by atoms with Gasteiger partial charge in [-0.2, -0.15) is 5.26 Å². The fourth-order valence-electron chi connectivity index (χ4n) is 1.93. The Morgan fingerprint density at radius 3 is 2.60 bits per heavy atom. The molecule has 2 aromatic heterocycles. The molecular formula is C13H14N4O3. The molecule has 0 fully saturated rings. The zero-order valence-corrected chi connectivity index (χ0v) is 11.4. The molecule has 0 saturated carbocycles. The van der Waals surface area contributed by atoms with E-state index in [-0.39, 0.29) is 11.4 Å². The highest BCUT2D eigenvalue weighted by atomic mass is 16.3. The van der Waals surface area contributed by atoms with Crippen LogP contribution in [0.15, 0.2) is 26.3 Å². The summed E-state index contributed by atoms with van der Waals surface area (Å²) >= 11 is 0. The van der Waals surface area contributed by atoms with Gasteiger partial charge in [-0.15, -0.1) is 0 Å². The Bertz CT molecular complexity index is 804. The van der Waals surface area contributed by atoms with Crippen molar-refractivity contribution in [1.82, 2.24) is 9.13 Å². The zero-order valence-electron chi connectivity index (χ0n) is 11.4. The van der Waals surface area contributed by atoms with Crippen molar-refractivity contribution in [3.8, 4) is 6.07 Å². The van der Waals surface area contributed by atoms with Gasteiger partial charge in [0.25, 0.3) is 5.56 Å². The lowest BCUT2D eigenvalue weighted by molar-refractivity contribution is 0.530. The fraction of sp³-hybridized carbons (Fsp3) is 0.308. The van der Waals surface area contributed by atoms with Gasteiger partial charge in [0.1, 0.15) is 17.6 Å². The summed E-state index contributed by atoms with van der Waals surface area (Å²) in [5.74, 6) is 0.950. The smallest absolute Gasteiger partial charge is 0.332 e. The summed E-state index contributed by atoms with van der Waals surface area (Å²) in [6, 6.07) is 3.62. The van der Waals surface area contributed by atoms with Crippen LogP contribution in [-0.4, -0.2) is 9.13 Å². The van der Waals surface area contributed by atoms with E-state index in [2.05, 4.69) is 5.32 Å². The molecule has 0 amide bonds. The Kier molecular flexibility index (Phi) is 3.48. The molecule has 7 nitrogen and oxygen atoms in total. The second kappa shape index (κ2) is 5.09. The van der Waals surface area contributed by atoms with Crippen molar-refractivity contribution < 1.29 is 4.42 Å². The minimum Gasteiger partial charge on any atom is -0.469 e. The van der Waals surface area contributed by atoms with Gasteiger partial charge in [-0.25, -0.2) is 4.79 Å². The van der Waals surface area contributed by atoms with Gasteiger partial charge in [-0.3, -0.25) is 13.9 Å². The maximum atomic E-state index is 11.9. The van der Waals surface area contributed by atoms with Crippen molar-refractivity contribution in [2.75, 3.05) is 5.32 Å². The molecule has 0 atom stereocenters. The van der Waals surface area contributed by atoms with Crippen LogP contribution in [0.5, 0.6) is 0 Å². The molecule has 0 aromatic carbocycles. The van der Waals surface area contributed by atoms with E-state index < -0.39 is 11.2 Å². The van der Waals surface area contributed by atoms with Crippen molar-refractivity contribution in [1.29, 1.82) is 5.26 Å². The van der Waals surface area contributed by atoms with E-state index in [9.17, 15) is 9.59 Å². The molecular weight excluding hydrogens is 260 g/mol. The standard InChI is InChI=1S/C13H14N4O3/c1-8-9(4-5-20-8)7-15-11-10(6-14)12(18)17(3)13(19)16(11)2/h4-5,15H,7H2,1-3H3. The molecule has 104 valence electrons. The SMILES string of the molecule is Cc1occc1CNc1c(C#N)c(=O)n(C)c(=O)n1C. The Hall–Kier alpha value is -2.75. The number of hydrogen-bond acceptors (Lipinski definition) is 5. The zero-order chi connectivity index (χ0) is 14.9. The Morgan fingerprint density at radius 2 is 2.05 bits per heavy atom. The van der Waals surface area contributed by atoms with Crippen LogP contribution < -0.4 is 16.6 Å². The van der Waals surface area contributed by atoms with Crippen LogP contribution in [0.2, 0.25) is 0 Å². The molecule has 0 radical (unpaired) electrons. The molecule has 0 aliphatic carbocycles. The van der Waals surface area contributed by atoms with Gasteiger partial charge < -0.3 is 9.73 Å². The maximum Gasteiger partial charge on any atom is 0.332 e. The first-order valence-corrected chi connectivity index (χ1v) is 5.94. The predicted octanol–water partition coefficient (Wildman–Crippen LogP) is 0.469. The number of nitrogens with zero attached hydrogens (tertiary/aromatic N) is 3. The van der Waals surface area contributed by atoms with Gasteiger partial charge >= 0.3 is 5.69 Å². The molecule has 2 aromatic rings. The third-order valence-electron chi connectivity index (χ3n) is 3.19. The average Bonchev–Trinajstić information content (AvgIpc) is 2.84. The normalized spacial score (nSPS) is 10.3. The van der Waals surface area contributed by atoms with Gasteiger partial charge in [-0.1, -0.05) is 0 Å². The van der Waals surface area contributed by atoms with E-state index in [0.29, 0.717) is 6.54 Å². The second-order valence-electron chi connectivity index (χ2n) is 4.40. The molecule has 2 heterocycles. The lowest BCUT2D eigenvalue weighted by atomic mass is 10.2. The topological polar surface area (TPSA) is 93.0 Å². The van der Waals surface area contributed by atoms with E-state index in [1.54, 1.807) is 12.3 Å². The minimum absolute atomic E-state index is 0.0873. The molecule has 7 heteroatoms. The number of nitrogens with one attached hydrogen (secondary N) is 1. The molecule has 0 aliphatic heterocycles. The Labute approximate surface area is 114 Å². The van der Waals surface area contributed by atoms with Gasteiger partial charge in [0.2, 0.25) is 0 Å². The van der Waals surface area contributed by atoms with Crippen molar-refractivity contribution in [2.24, 2.45) is 14.1 Å². The molecule has 20 heavy (non-hydrogen) atoms. The monoisotopic (exact) mass is 274 g/mol. The molecule has 0 saturated heterocycles. The van der Waals surface area contributed by atoms with Crippen LogP contribution in [-0.2, 0) is 20.6 Å². The molecule has 0 unspecified atom stereocenters.